The lowest BCUT2D eigenvalue weighted by Gasteiger charge is -2.32. The molecule has 3 aliphatic heterocycles. The fourth-order valence-corrected chi connectivity index (χ4v) is 6.90. The van der Waals surface area contributed by atoms with E-state index in [0.29, 0.717) is 39.5 Å². The van der Waals surface area contributed by atoms with Gasteiger partial charge in [0.2, 0.25) is 11.8 Å². The Morgan fingerprint density at radius 2 is 1.66 bits per heavy atom. The van der Waals surface area contributed by atoms with Crippen molar-refractivity contribution in [1.29, 1.82) is 0 Å². The fourth-order valence-electron chi connectivity index (χ4n) is 6.77. The van der Waals surface area contributed by atoms with Crippen LogP contribution in [0.5, 0.6) is 0 Å². The minimum atomic E-state index is -1.13. The van der Waals surface area contributed by atoms with E-state index in [1.54, 1.807) is 34.9 Å². The highest BCUT2D eigenvalue weighted by molar-refractivity contribution is 6.31. The molecule has 8 heteroatoms. The third-order valence-corrected chi connectivity index (χ3v) is 8.42. The molecule has 3 aliphatic rings. The first kappa shape index (κ1) is 23.3. The largest absolute Gasteiger partial charge is 0.297 e. The number of anilines is 1. The van der Waals surface area contributed by atoms with Gasteiger partial charge in [0.1, 0.15) is 11.4 Å². The van der Waals surface area contributed by atoms with E-state index < -0.39 is 17.4 Å². The maximum Gasteiger partial charge on any atom is 0.266 e. The topological polar surface area (TPSA) is 84.3 Å². The molecule has 2 fully saturated rings. The summed E-state index contributed by atoms with van der Waals surface area (Å²) in [4.78, 5) is 48.6. The Hall–Kier alpha value is -3.81. The number of carbonyl (C=O) groups is 2. The number of imide groups is 1. The number of aromatic nitrogens is 2. The monoisotopic (exact) mass is 524 g/mol. The van der Waals surface area contributed by atoms with Crippen molar-refractivity contribution in [2.24, 2.45) is 17.8 Å². The molecule has 4 atom stereocenters. The number of carbonyl (C=O) groups excluding carboxylic acids is 2. The molecule has 1 spiro atoms. The molecular formula is C30H25ClN4O3. The highest BCUT2D eigenvalue weighted by atomic mass is 35.5. The van der Waals surface area contributed by atoms with Gasteiger partial charge in [0.25, 0.3) is 5.56 Å². The average Bonchev–Trinajstić information content (AvgIpc) is 3.48. The molecule has 1 aromatic heterocycles. The van der Waals surface area contributed by atoms with Crippen LogP contribution in [0.3, 0.4) is 0 Å². The Morgan fingerprint density at radius 1 is 0.947 bits per heavy atom. The van der Waals surface area contributed by atoms with Crippen molar-refractivity contribution in [3.63, 3.8) is 0 Å². The summed E-state index contributed by atoms with van der Waals surface area (Å²) in [5, 5.41) is 4.77. The lowest BCUT2D eigenvalue weighted by molar-refractivity contribution is -0.123. The summed E-state index contributed by atoms with van der Waals surface area (Å²) in [5.74, 6) is -1.17. The quantitative estimate of drug-likeness (QED) is 0.401. The molecule has 190 valence electrons. The van der Waals surface area contributed by atoms with Gasteiger partial charge in [-0.3, -0.25) is 24.3 Å². The zero-order chi connectivity index (χ0) is 26.3. The minimum absolute atomic E-state index is 0.188. The number of amides is 2. The van der Waals surface area contributed by atoms with Crippen molar-refractivity contribution in [2.75, 3.05) is 4.90 Å². The Kier molecular flexibility index (Phi) is 4.97. The number of hydrogen-bond acceptors (Lipinski definition) is 5. The molecule has 2 saturated heterocycles. The predicted molar refractivity (Wildman–Crippen MR) is 145 cm³/mol. The van der Waals surface area contributed by atoms with Crippen LogP contribution in [-0.4, -0.2) is 27.4 Å². The Bertz CT molecular complexity index is 1710. The summed E-state index contributed by atoms with van der Waals surface area (Å²) >= 11 is 6.10. The molecule has 2 amide bonds. The number of hydrogen-bond donors (Lipinski definition) is 1. The minimum Gasteiger partial charge on any atom is -0.297 e. The lowest BCUT2D eigenvalue weighted by atomic mass is 9.75. The summed E-state index contributed by atoms with van der Waals surface area (Å²) in [6, 6.07) is 21.3. The second kappa shape index (κ2) is 8.09. The van der Waals surface area contributed by atoms with Crippen molar-refractivity contribution in [3.8, 4) is 5.69 Å². The van der Waals surface area contributed by atoms with Crippen LogP contribution in [0, 0.1) is 17.8 Å². The van der Waals surface area contributed by atoms with Crippen molar-refractivity contribution in [2.45, 2.75) is 31.8 Å². The van der Waals surface area contributed by atoms with Gasteiger partial charge in [0.05, 0.1) is 34.1 Å². The molecule has 0 unspecified atom stereocenters. The van der Waals surface area contributed by atoms with Crippen molar-refractivity contribution < 1.29 is 9.59 Å². The van der Waals surface area contributed by atoms with E-state index in [9.17, 15) is 14.4 Å². The standard InChI is InChI=1S/C30H25ClN4O3/c1-16(2)15-22-24-25(28(38)34(27(24)37)18-13-11-17(31)12-14-18)30(33-22)20-8-4-6-10-23(20)35-26(36)19-7-3-5-9-21(19)32-29(30)35/h3-14,16,22,24-25,33H,15H2,1-2H3/t22-,24-,25+,30-/m0/s1. The summed E-state index contributed by atoms with van der Waals surface area (Å²) in [6.07, 6.45) is 0.691. The van der Waals surface area contributed by atoms with Crippen molar-refractivity contribution in [1.82, 2.24) is 14.9 Å². The SMILES string of the molecule is CC(C)C[C@@H]1N[C@@]2(c3ccccc3-n3c2nc2ccccc2c3=O)[C@H]2C(=O)N(c3ccc(Cl)cc3)C(=O)[C@@H]12. The molecule has 4 heterocycles. The number of benzene rings is 3. The number of fused-ring (bicyclic) bond motifs is 8. The normalized spacial score (nSPS) is 25.5. The number of rotatable bonds is 3. The van der Waals surface area contributed by atoms with Gasteiger partial charge in [-0.1, -0.05) is 55.8 Å². The average molecular weight is 525 g/mol. The Labute approximate surface area is 224 Å². The highest BCUT2D eigenvalue weighted by Crippen LogP contribution is 2.56. The molecule has 0 radical (unpaired) electrons. The van der Waals surface area contributed by atoms with Crippen molar-refractivity contribution in [3.05, 3.63) is 99.6 Å². The van der Waals surface area contributed by atoms with E-state index in [0.717, 1.165) is 5.56 Å². The molecule has 38 heavy (non-hydrogen) atoms. The van der Waals surface area contributed by atoms with Gasteiger partial charge in [0.15, 0.2) is 0 Å². The fraction of sp³-hybridized carbons (Fsp3) is 0.267. The second-order valence-corrected chi connectivity index (χ2v) is 11.2. The maximum atomic E-state index is 14.4. The van der Waals surface area contributed by atoms with Gasteiger partial charge in [-0.25, -0.2) is 9.88 Å². The number of halogens is 1. The van der Waals surface area contributed by atoms with Gasteiger partial charge in [-0.15, -0.1) is 0 Å². The van der Waals surface area contributed by atoms with Crippen LogP contribution in [0.4, 0.5) is 5.69 Å². The third kappa shape index (κ3) is 2.94. The Morgan fingerprint density at radius 3 is 2.42 bits per heavy atom. The van der Waals surface area contributed by atoms with Gasteiger partial charge in [-0.2, -0.15) is 0 Å². The molecule has 4 aromatic rings. The molecule has 0 saturated carbocycles. The summed E-state index contributed by atoms with van der Waals surface area (Å²) < 4.78 is 1.63. The number of para-hydroxylation sites is 2. The third-order valence-electron chi connectivity index (χ3n) is 8.17. The van der Waals surface area contributed by atoms with E-state index in [-0.39, 0.29) is 29.3 Å². The van der Waals surface area contributed by atoms with Crippen LogP contribution >= 0.6 is 11.6 Å². The van der Waals surface area contributed by atoms with E-state index in [2.05, 4.69) is 19.2 Å². The van der Waals surface area contributed by atoms with E-state index in [1.165, 1.54) is 4.90 Å². The first-order chi connectivity index (χ1) is 18.3. The zero-order valence-electron chi connectivity index (χ0n) is 20.9. The predicted octanol–water partition coefficient (Wildman–Crippen LogP) is 4.42. The van der Waals surface area contributed by atoms with Crippen LogP contribution in [0.2, 0.25) is 5.02 Å². The van der Waals surface area contributed by atoms with Gasteiger partial charge >= 0.3 is 0 Å². The smallest absolute Gasteiger partial charge is 0.266 e. The molecule has 7 nitrogen and oxygen atoms in total. The van der Waals surface area contributed by atoms with Crippen LogP contribution in [0.1, 0.15) is 31.7 Å². The molecule has 1 N–H and O–H groups in total. The second-order valence-electron chi connectivity index (χ2n) is 10.8. The number of nitrogens with zero attached hydrogens (tertiary/aromatic N) is 3. The maximum absolute atomic E-state index is 14.4. The molecule has 0 bridgehead atoms. The summed E-state index contributed by atoms with van der Waals surface area (Å²) in [7, 11) is 0. The molecule has 0 aliphatic carbocycles. The van der Waals surface area contributed by atoms with E-state index >= 15 is 0 Å². The van der Waals surface area contributed by atoms with Crippen LogP contribution in [0.25, 0.3) is 16.6 Å². The van der Waals surface area contributed by atoms with Crippen LogP contribution in [-0.2, 0) is 15.1 Å². The van der Waals surface area contributed by atoms with Crippen LogP contribution < -0.4 is 15.8 Å². The van der Waals surface area contributed by atoms with E-state index in [1.807, 2.05) is 42.5 Å². The Balaban J connectivity index is 1.52. The van der Waals surface area contributed by atoms with Gasteiger partial charge in [0, 0.05) is 16.6 Å². The summed E-state index contributed by atoms with van der Waals surface area (Å²) in [5.41, 5.74) is 1.22. The van der Waals surface area contributed by atoms with Gasteiger partial charge < -0.3 is 0 Å². The highest BCUT2D eigenvalue weighted by Gasteiger charge is 2.69. The number of nitrogens with one attached hydrogen (secondary N) is 1. The zero-order valence-corrected chi connectivity index (χ0v) is 21.6. The summed E-state index contributed by atoms with van der Waals surface area (Å²) in [6.45, 7) is 4.21. The van der Waals surface area contributed by atoms with Crippen LogP contribution in [0.15, 0.2) is 77.6 Å². The molecule has 7 rings (SSSR count). The molecule has 3 aromatic carbocycles. The lowest BCUT2D eigenvalue weighted by Crippen LogP contribution is -2.50. The first-order valence-corrected chi connectivity index (χ1v) is 13.2. The van der Waals surface area contributed by atoms with E-state index in [4.69, 9.17) is 16.6 Å². The van der Waals surface area contributed by atoms with Crippen molar-refractivity contribution >= 4 is 40.0 Å². The van der Waals surface area contributed by atoms with Gasteiger partial charge in [-0.05, 0) is 54.8 Å². The molecular weight excluding hydrogens is 500 g/mol. The first-order valence-electron chi connectivity index (χ1n) is 12.9.